The fourth-order valence-electron chi connectivity index (χ4n) is 3.73. The van der Waals surface area contributed by atoms with Gasteiger partial charge in [0.2, 0.25) is 27.6 Å². The summed E-state index contributed by atoms with van der Waals surface area (Å²) in [6.07, 6.45) is 1.11. The molecule has 0 spiro atoms. The van der Waals surface area contributed by atoms with Crippen molar-refractivity contribution < 1.29 is 22.1 Å². The standard InChI is InChI=1S/C22H25FN4O4S2/c1-13(2)22-25-20(26-31-22)18-11-19(14(3)32-18)33(29,30)27-9-5-6-15(12-27)21(28)24-17-8-4-7-16(23)10-17/h4,7-8,10-11,13,15H,5-6,9,12H2,1-3H3,(H,24,28)/t15-/m1/s1. The molecule has 2 aromatic heterocycles. The lowest BCUT2D eigenvalue weighted by Gasteiger charge is -2.31. The van der Waals surface area contributed by atoms with Crippen molar-refractivity contribution in [2.45, 2.75) is 44.4 Å². The van der Waals surface area contributed by atoms with Gasteiger partial charge in [0.1, 0.15) is 5.82 Å². The van der Waals surface area contributed by atoms with Gasteiger partial charge in [0.25, 0.3) is 0 Å². The van der Waals surface area contributed by atoms with Crippen molar-refractivity contribution in [2.24, 2.45) is 5.92 Å². The van der Waals surface area contributed by atoms with Crippen LogP contribution in [0.15, 0.2) is 39.8 Å². The predicted molar refractivity (Wildman–Crippen MR) is 123 cm³/mol. The van der Waals surface area contributed by atoms with Gasteiger partial charge in [-0.1, -0.05) is 25.1 Å². The van der Waals surface area contributed by atoms with E-state index < -0.39 is 21.8 Å². The van der Waals surface area contributed by atoms with Crippen molar-refractivity contribution in [1.29, 1.82) is 0 Å². The molecule has 3 aromatic rings. The predicted octanol–water partition coefficient (Wildman–Crippen LogP) is 4.41. The van der Waals surface area contributed by atoms with Crippen LogP contribution in [-0.2, 0) is 14.8 Å². The number of hydrogen-bond donors (Lipinski definition) is 1. The van der Waals surface area contributed by atoms with E-state index in [9.17, 15) is 17.6 Å². The van der Waals surface area contributed by atoms with E-state index in [4.69, 9.17) is 4.52 Å². The molecule has 1 amide bonds. The first-order valence-corrected chi connectivity index (χ1v) is 12.9. The molecule has 1 aromatic carbocycles. The van der Waals surface area contributed by atoms with Gasteiger partial charge in [-0.05, 0) is 44.0 Å². The number of halogens is 1. The highest BCUT2D eigenvalue weighted by Gasteiger charge is 2.35. The van der Waals surface area contributed by atoms with Crippen molar-refractivity contribution in [3.63, 3.8) is 0 Å². The number of anilines is 1. The monoisotopic (exact) mass is 492 g/mol. The largest absolute Gasteiger partial charge is 0.339 e. The Bertz CT molecular complexity index is 1270. The molecule has 0 aliphatic carbocycles. The molecule has 8 nitrogen and oxygen atoms in total. The van der Waals surface area contributed by atoms with E-state index in [1.165, 1.54) is 33.8 Å². The van der Waals surface area contributed by atoms with Gasteiger partial charge in [-0.15, -0.1) is 11.3 Å². The summed E-state index contributed by atoms with van der Waals surface area (Å²) in [4.78, 5) is 18.5. The van der Waals surface area contributed by atoms with Gasteiger partial charge in [-0.2, -0.15) is 9.29 Å². The lowest BCUT2D eigenvalue weighted by molar-refractivity contribution is -0.120. The molecule has 0 bridgehead atoms. The first-order valence-electron chi connectivity index (χ1n) is 10.7. The van der Waals surface area contributed by atoms with E-state index in [-0.39, 0.29) is 23.3 Å². The zero-order valence-corrected chi connectivity index (χ0v) is 20.2. The Labute approximate surface area is 195 Å². The molecule has 3 heterocycles. The maximum absolute atomic E-state index is 13.4. The van der Waals surface area contributed by atoms with Crippen LogP contribution in [0.5, 0.6) is 0 Å². The quantitative estimate of drug-likeness (QED) is 0.547. The Hall–Kier alpha value is -2.63. The fourth-order valence-corrected chi connectivity index (χ4v) is 6.74. The van der Waals surface area contributed by atoms with Crippen LogP contribution < -0.4 is 5.32 Å². The Morgan fingerprint density at radius 3 is 2.82 bits per heavy atom. The topological polar surface area (TPSA) is 105 Å². The maximum atomic E-state index is 13.4. The fraction of sp³-hybridized carbons (Fsp3) is 0.409. The van der Waals surface area contributed by atoms with Crippen molar-refractivity contribution in [3.8, 4) is 10.7 Å². The Balaban J connectivity index is 1.52. The summed E-state index contributed by atoms with van der Waals surface area (Å²) in [5.41, 5.74) is 0.346. The van der Waals surface area contributed by atoms with E-state index in [1.807, 2.05) is 13.8 Å². The average molecular weight is 493 g/mol. The summed E-state index contributed by atoms with van der Waals surface area (Å²) in [5, 5.41) is 6.66. The summed E-state index contributed by atoms with van der Waals surface area (Å²) in [7, 11) is -3.82. The molecule has 0 unspecified atom stereocenters. The number of aromatic nitrogens is 2. The van der Waals surface area contributed by atoms with Gasteiger partial charge in [0, 0.05) is 29.6 Å². The molecular formula is C22H25FN4O4S2. The highest BCUT2D eigenvalue weighted by atomic mass is 32.2. The van der Waals surface area contributed by atoms with Crippen LogP contribution in [0.25, 0.3) is 10.7 Å². The van der Waals surface area contributed by atoms with E-state index >= 15 is 0 Å². The summed E-state index contributed by atoms with van der Waals surface area (Å²) < 4.78 is 46.9. The summed E-state index contributed by atoms with van der Waals surface area (Å²) in [6.45, 7) is 6.00. The third-order valence-electron chi connectivity index (χ3n) is 5.49. The maximum Gasteiger partial charge on any atom is 0.244 e. The van der Waals surface area contributed by atoms with E-state index in [1.54, 1.807) is 19.1 Å². The van der Waals surface area contributed by atoms with Crippen molar-refractivity contribution in [1.82, 2.24) is 14.4 Å². The first kappa shape index (κ1) is 23.5. The molecule has 1 fully saturated rings. The molecule has 1 atom stereocenters. The van der Waals surface area contributed by atoms with Gasteiger partial charge in [0.15, 0.2) is 0 Å². The van der Waals surface area contributed by atoms with Gasteiger partial charge in [-0.25, -0.2) is 12.8 Å². The highest BCUT2D eigenvalue weighted by Crippen LogP contribution is 2.35. The molecule has 1 N–H and O–H groups in total. The minimum absolute atomic E-state index is 0.0633. The third kappa shape index (κ3) is 4.99. The Kier molecular flexibility index (Phi) is 6.64. The average Bonchev–Trinajstić information content (AvgIpc) is 3.41. The third-order valence-corrected chi connectivity index (χ3v) is 8.66. The Morgan fingerprint density at radius 1 is 1.33 bits per heavy atom. The molecule has 1 aliphatic heterocycles. The second kappa shape index (κ2) is 9.32. The van der Waals surface area contributed by atoms with Gasteiger partial charge < -0.3 is 9.84 Å². The molecule has 176 valence electrons. The number of hydrogen-bond acceptors (Lipinski definition) is 7. The number of benzene rings is 1. The van der Waals surface area contributed by atoms with Gasteiger partial charge in [-0.3, -0.25) is 4.79 Å². The number of carbonyl (C=O) groups is 1. The van der Waals surface area contributed by atoms with Crippen LogP contribution >= 0.6 is 11.3 Å². The van der Waals surface area contributed by atoms with Crippen LogP contribution in [0, 0.1) is 18.7 Å². The molecule has 0 radical (unpaired) electrons. The molecular weight excluding hydrogens is 467 g/mol. The Morgan fingerprint density at radius 2 is 2.12 bits per heavy atom. The number of aryl methyl sites for hydroxylation is 1. The van der Waals surface area contributed by atoms with Crippen LogP contribution in [0.2, 0.25) is 0 Å². The normalized spacial score (nSPS) is 17.4. The smallest absolute Gasteiger partial charge is 0.244 e. The zero-order chi connectivity index (χ0) is 23.8. The van der Waals surface area contributed by atoms with Crippen molar-refractivity contribution in [3.05, 3.63) is 46.9 Å². The zero-order valence-electron chi connectivity index (χ0n) is 18.5. The second-order valence-corrected chi connectivity index (χ2v) is 11.5. The van der Waals surface area contributed by atoms with Crippen molar-refractivity contribution in [2.75, 3.05) is 18.4 Å². The van der Waals surface area contributed by atoms with E-state index in [2.05, 4.69) is 15.5 Å². The second-order valence-electron chi connectivity index (χ2n) is 8.34. The van der Waals surface area contributed by atoms with E-state index in [0.717, 1.165) is 0 Å². The number of piperidine rings is 1. The minimum atomic E-state index is -3.82. The van der Waals surface area contributed by atoms with E-state index in [0.29, 0.717) is 46.5 Å². The lowest BCUT2D eigenvalue weighted by Crippen LogP contribution is -2.43. The van der Waals surface area contributed by atoms with Gasteiger partial charge >= 0.3 is 0 Å². The number of carbonyl (C=O) groups excluding carboxylic acids is 1. The minimum Gasteiger partial charge on any atom is -0.339 e. The molecule has 33 heavy (non-hydrogen) atoms. The van der Waals surface area contributed by atoms with Crippen LogP contribution in [0.1, 0.15) is 43.4 Å². The first-order chi connectivity index (χ1) is 15.6. The van der Waals surface area contributed by atoms with Crippen LogP contribution in [0.4, 0.5) is 10.1 Å². The number of amides is 1. The summed E-state index contributed by atoms with van der Waals surface area (Å²) in [5.74, 6) is -0.383. The molecule has 1 saturated heterocycles. The number of thiophene rings is 1. The lowest BCUT2D eigenvalue weighted by atomic mass is 9.99. The van der Waals surface area contributed by atoms with Crippen molar-refractivity contribution >= 4 is 33.0 Å². The number of nitrogens with zero attached hydrogens (tertiary/aromatic N) is 3. The van der Waals surface area contributed by atoms with Crippen LogP contribution in [-0.4, -0.2) is 41.9 Å². The SMILES string of the molecule is Cc1sc(-c2noc(C(C)C)n2)cc1S(=O)(=O)N1CCC[C@@H](C(=O)Nc2cccc(F)c2)C1. The number of nitrogens with one attached hydrogen (secondary N) is 1. The summed E-state index contributed by atoms with van der Waals surface area (Å²) in [6, 6.07) is 7.19. The summed E-state index contributed by atoms with van der Waals surface area (Å²) >= 11 is 1.29. The molecule has 4 rings (SSSR count). The molecule has 0 saturated carbocycles. The number of rotatable bonds is 6. The molecule has 11 heteroatoms. The van der Waals surface area contributed by atoms with Gasteiger partial charge in [0.05, 0.1) is 15.7 Å². The van der Waals surface area contributed by atoms with Crippen LogP contribution in [0.3, 0.4) is 0 Å². The molecule has 1 aliphatic rings. The highest BCUT2D eigenvalue weighted by molar-refractivity contribution is 7.89. The number of sulfonamides is 1.